The van der Waals surface area contributed by atoms with E-state index in [4.69, 9.17) is 16.3 Å². The largest absolute Gasteiger partial charge is 0.382 e. The lowest BCUT2D eigenvalue weighted by molar-refractivity contribution is -0.121. The number of ether oxygens (including phenoxy) is 1. The molecular formula is C15H20ClNO2. The average molecular weight is 282 g/mol. The summed E-state index contributed by atoms with van der Waals surface area (Å²) < 4.78 is 5.21. The molecule has 0 bridgehead atoms. The maximum Gasteiger partial charge on any atom is 0.220 e. The van der Waals surface area contributed by atoms with Crippen molar-refractivity contribution in [3.05, 3.63) is 34.9 Å². The standard InChI is InChI=1S/C15H20ClNO2/c1-2-19-8-4-7-15(18)17-14-10-13(14)11-5-3-6-12(16)9-11/h3,5-6,9,13-14H,2,4,7-8,10H2,1H3,(H,17,18)/t13-,14-/m0/s1. The Labute approximate surface area is 119 Å². The molecule has 104 valence electrons. The van der Waals surface area contributed by atoms with Gasteiger partial charge in [0, 0.05) is 36.6 Å². The Bertz CT molecular complexity index is 436. The number of carbonyl (C=O) groups excluding carboxylic acids is 1. The van der Waals surface area contributed by atoms with E-state index in [-0.39, 0.29) is 11.9 Å². The topological polar surface area (TPSA) is 38.3 Å². The first-order valence-corrected chi connectivity index (χ1v) is 7.21. The van der Waals surface area contributed by atoms with Gasteiger partial charge in [-0.3, -0.25) is 4.79 Å². The zero-order valence-corrected chi connectivity index (χ0v) is 12.0. The summed E-state index contributed by atoms with van der Waals surface area (Å²) in [5, 5.41) is 3.82. The van der Waals surface area contributed by atoms with Crippen molar-refractivity contribution in [2.45, 2.75) is 38.1 Å². The molecule has 0 heterocycles. The van der Waals surface area contributed by atoms with Gasteiger partial charge in [-0.25, -0.2) is 0 Å². The molecule has 1 N–H and O–H groups in total. The van der Waals surface area contributed by atoms with Crippen LogP contribution in [0, 0.1) is 0 Å². The molecule has 1 saturated carbocycles. The van der Waals surface area contributed by atoms with Gasteiger partial charge >= 0.3 is 0 Å². The van der Waals surface area contributed by atoms with Gasteiger partial charge in [-0.05, 0) is 37.5 Å². The van der Waals surface area contributed by atoms with Crippen molar-refractivity contribution >= 4 is 17.5 Å². The zero-order chi connectivity index (χ0) is 13.7. The van der Waals surface area contributed by atoms with E-state index >= 15 is 0 Å². The van der Waals surface area contributed by atoms with E-state index < -0.39 is 0 Å². The smallest absolute Gasteiger partial charge is 0.220 e. The first-order valence-electron chi connectivity index (χ1n) is 6.83. The number of carbonyl (C=O) groups is 1. The van der Waals surface area contributed by atoms with Gasteiger partial charge in [-0.2, -0.15) is 0 Å². The third kappa shape index (κ3) is 4.51. The van der Waals surface area contributed by atoms with Crippen molar-refractivity contribution in [1.82, 2.24) is 5.32 Å². The number of hydrogen-bond donors (Lipinski definition) is 1. The fraction of sp³-hybridized carbons (Fsp3) is 0.533. The number of benzene rings is 1. The van der Waals surface area contributed by atoms with Crippen molar-refractivity contribution in [3.8, 4) is 0 Å². The monoisotopic (exact) mass is 281 g/mol. The minimum Gasteiger partial charge on any atom is -0.382 e. The van der Waals surface area contributed by atoms with E-state index in [1.165, 1.54) is 5.56 Å². The second kappa shape index (κ2) is 6.92. The van der Waals surface area contributed by atoms with Crippen molar-refractivity contribution in [2.75, 3.05) is 13.2 Å². The van der Waals surface area contributed by atoms with Gasteiger partial charge in [0.1, 0.15) is 0 Å². The highest BCUT2D eigenvalue weighted by atomic mass is 35.5. The predicted octanol–water partition coefficient (Wildman–Crippen LogP) is 3.13. The fourth-order valence-electron chi connectivity index (χ4n) is 2.22. The van der Waals surface area contributed by atoms with Crippen LogP contribution in [0.5, 0.6) is 0 Å². The molecule has 0 aromatic heterocycles. The number of hydrogen-bond acceptors (Lipinski definition) is 2. The van der Waals surface area contributed by atoms with Crippen LogP contribution >= 0.6 is 11.6 Å². The van der Waals surface area contributed by atoms with Crippen LogP contribution in [-0.4, -0.2) is 25.2 Å². The molecule has 2 atom stereocenters. The molecule has 4 heteroatoms. The van der Waals surface area contributed by atoms with Crippen LogP contribution in [-0.2, 0) is 9.53 Å². The van der Waals surface area contributed by atoms with Crippen LogP contribution < -0.4 is 5.32 Å². The fourth-order valence-corrected chi connectivity index (χ4v) is 2.42. The van der Waals surface area contributed by atoms with E-state index in [1.54, 1.807) is 0 Å². The zero-order valence-electron chi connectivity index (χ0n) is 11.2. The molecule has 1 aromatic carbocycles. The highest BCUT2D eigenvalue weighted by molar-refractivity contribution is 6.30. The number of halogens is 1. The maximum absolute atomic E-state index is 11.7. The lowest BCUT2D eigenvalue weighted by Crippen LogP contribution is -2.26. The average Bonchev–Trinajstić information content (AvgIpc) is 3.14. The highest BCUT2D eigenvalue weighted by Crippen LogP contribution is 2.41. The lowest BCUT2D eigenvalue weighted by Gasteiger charge is -2.05. The van der Waals surface area contributed by atoms with E-state index in [0.717, 1.165) is 17.9 Å². The Kier molecular flexibility index (Phi) is 5.23. The Hall–Kier alpha value is -1.06. The van der Waals surface area contributed by atoms with E-state index in [9.17, 15) is 4.79 Å². The summed E-state index contributed by atoms with van der Waals surface area (Å²) in [4.78, 5) is 11.7. The quantitative estimate of drug-likeness (QED) is 0.780. The van der Waals surface area contributed by atoms with E-state index in [0.29, 0.717) is 25.6 Å². The van der Waals surface area contributed by atoms with Gasteiger partial charge in [-0.15, -0.1) is 0 Å². The molecule has 0 spiro atoms. The molecule has 1 aliphatic carbocycles. The first-order chi connectivity index (χ1) is 9.20. The van der Waals surface area contributed by atoms with Crippen LogP contribution in [0.2, 0.25) is 5.02 Å². The summed E-state index contributed by atoms with van der Waals surface area (Å²) >= 11 is 5.97. The normalized spacial score (nSPS) is 21.2. The van der Waals surface area contributed by atoms with Gasteiger partial charge in [0.25, 0.3) is 0 Å². The molecule has 1 aromatic rings. The van der Waals surface area contributed by atoms with Crippen LogP contribution in [0.15, 0.2) is 24.3 Å². The SMILES string of the molecule is CCOCCCC(=O)N[C@H]1C[C@H]1c1cccc(Cl)c1. The summed E-state index contributed by atoms with van der Waals surface area (Å²) in [5.41, 5.74) is 1.21. The van der Waals surface area contributed by atoms with Crippen LogP contribution in [0.3, 0.4) is 0 Å². The van der Waals surface area contributed by atoms with Gasteiger partial charge in [0.15, 0.2) is 0 Å². The Morgan fingerprint density at radius 1 is 1.53 bits per heavy atom. The molecular weight excluding hydrogens is 262 g/mol. The van der Waals surface area contributed by atoms with E-state index in [1.807, 2.05) is 25.1 Å². The van der Waals surface area contributed by atoms with Crippen LogP contribution in [0.25, 0.3) is 0 Å². The van der Waals surface area contributed by atoms with Crippen molar-refractivity contribution in [1.29, 1.82) is 0 Å². The second-order valence-corrected chi connectivity index (χ2v) is 5.31. The predicted molar refractivity (Wildman–Crippen MR) is 76.5 cm³/mol. The summed E-state index contributed by atoms with van der Waals surface area (Å²) in [6.45, 7) is 3.33. The molecule has 2 rings (SSSR count). The van der Waals surface area contributed by atoms with Crippen molar-refractivity contribution in [2.24, 2.45) is 0 Å². The molecule has 19 heavy (non-hydrogen) atoms. The molecule has 1 amide bonds. The Morgan fingerprint density at radius 2 is 2.37 bits per heavy atom. The summed E-state index contributed by atoms with van der Waals surface area (Å²) in [6, 6.07) is 8.15. The van der Waals surface area contributed by atoms with Crippen molar-refractivity contribution < 1.29 is 9.53 Å². The molecule has 3 nitrogen and oxygen atoms in total. The van der Waals surface area contributed by atoms with Crippen LogP contribution in [0.1, 0.15) is 37.7 Å². The number of amides is 1. The van der Waals surface area contributed by atoms with Gasteiger partial charge in [0.05, 0.1) is 0 Å². The lowest BCUT2D eigenvalue weighted by atomic mass is 10.1. The minimum absolute atomic E-state index is 0.120. The van der Waals surface area contributed by atoms with Gasteiger partial charge in [-0.1, -0.05) is 23.7 Å². The first kappa shape index (κ1) is 14.4. The highest BCUT2D eigenvalue weighted by Gasteiger charge is 2.39. The molecule has 0 aliphatic heterocycles. The molecule has 0 radical (unpaired) electrons. The molecule has 0 saturated heterocycles. The third-order valence-electron chi connectivity index (χ3n) is 3.31. The van der Waals surface area contributed by atoms with Crippen LogP contribution in [0.4, 0.5) is 0 Å². The molecule has 1 fully saturated rings. The van der Waals surface area contributed by atoms with Crippen molar-refractivity contribution in [3.63, 3.8) is 0 Å². The Balaban J connectivity index is 1.70. The Morgan fingerprint density at radius 3 is 3.11 bits per heavy atom. The number of rotatable bonds is 7. The minimum atomic E-state index is 0.120. The third-order valence-corrected chi connectivity index (χ3v) is 3.55. The van der Waals surface area contributed by atoms with Gasteiger partial charge in [0.2, 0.25) is 5.91 Å². The van der Waals surface area contributed by atoms with E-state index in [2.05, 4.69) is 11.4 Å². The summed E-state index contributed by atoms with van der Waals surface area (Å²) in [6.07, 6.45) is 2.34. The second-order valence-electron chi connectivity index (χ2n) is 4.87. The molecule has 0 unspecified atom stereocenters. The number of nitrogens with one attached hydrogen (secondary N) is 1. The summed E-state index contributed by atoms with van der Waals surface area (Å²) in [7, 11) is 0. The molecule has 1 aliphatic rings. The summed E-state index contributed by atoms with van der Waals surface area (Å²) in [5.74, 6) is 0.545. The van der Waals surface area contributed by atoms with Gasteiger partial charge < -0.3 is 10.1 Å². The maximum atomic E-state index is 11.7.